The van der Waals surface area contributed by atoms with E-state index in [1.807, 2.05) is 0 Å². The van der Waals surface area contributed by atoms with Crippen LogP contribution >= 0.6 is 23.2 Å². The lowest BCUT2D eigenvalue weighted by Crippen LogP contribution is -2.41. The number of rotatable bonds is 4. The van der Waals surface area contributed by atoms with E-state index in [9.17, 15) is 12.8 Å². The monoisotopic (exact) mass is 466 g/mol. The number of hydrogen-bond acceptors (Lipinski definition) is 5. The molecule has 0 radical (unpaired) electrons. The largest absolute Gasteiger partial charge is 0.453 e. The van der Waals surface area contributed by atoms with E-state index in [1.54, 1.807) is 42.6 Å². The Bertz CT molecular complexity index is 1270. The van der Waals surface area contributed by atoms with E-state index < -0.39 is 15.8 Å². The zero-order valence-electron chi connectivity index (χ0n) is 15.1. The number of fused-ring (bicyclic) bond motifs is 1. The Morgan fingerprint density at radius 2 is 1.83 bits per heavy atom. The fraction of sp³-hybridized carbons (Fsp3) is 0.0526. The van der Waals surface area contributed by atoms with Crippen molar-refractivity contribution in [1.29, 1.82) is 0 Å². The SMILES string of the molecule is O=S1(=O)NC(=NCc2ncccc2Cl)Nc2c(Oc3ccccc3Cl)cc(F)cc21. The second-order valence-electron chi connectivity index (χ2n) is 6.14. The molecule has 0 amide bonds. The summed E-state index contributed by atoms with van der Waals surface area (Å²) in [5.74, 6) is -0.696. The van der Waals surface area contributed by atoms with Crippen molar-refractivity contribution < 1.29 is 17.5 Å². The van der Waals surface area contributed by atoms with Gasteiger partial charge in [0.2, 0.25) is 5.96 Å². The van der Waals surface area contributed by atoms with Crippen LogP contribution in [0.15, 0.2) is 64.6 Å². The third kappa shape index (κ3) is 4.18. The highest BCUT2D eigenvalue weighted by Gasteiger charge is 2.31. The summed E-state index contributed by atoms with van der Waals surface area (Å²) in [5, 5.41) is 3.51. The van der Waals surface area contributed by atoms with Gasteiger partial charge in [0.15, 0.2) is 5.75 Å². The Morgan fingerprint density at radius 3 is 2.60 bits per heavy atom. The second-order valence-corrected chi connectivity index (χ2v) is 8.60. The normalized spacial score (nSPS) is 15.8. The van der Waals surface area contributed by atoms with Gasteiger partial charge in [-0.3, -0.25) is 4.98 Å². The van der Waals surface area contributed by atoms with Crippen molar-refractivity contribution in [2.45, 2.75) is 11.4 Å². The summed E-state index contributed by atoms with van der Waals surface area (Å²) in [6, 6.07) is 11.8. The summed E-state index contributed by atoms with van der Waals surface area (Å²) in [7, 11) is -4.10. The number of aromatic nitrogens is 1. The van der Waals surface area contributed by atoms with Gasteiger partial charge in [0.1, 0.15) is 22.1 Å². The van der Waals surface area contributed by atoms with Gasteiger partial charge in [-0.05, 0) is 30.3 Å². The zero-order valence-corrected chi connectivity index (χ0v) is 17.4. The Hall–Kier alpha value is -2.88. The maximum atomic E-state index is 14.1. The molecule has 11 heteroatoms. The van der Waals surface area contributed by atoms with Crippen molar-refractivity contribution in [1.82, 2.24) is 9.71 Å². The summed E-state index contributed by atoms with van der Waals surface area (Å²) < 4.78 is 47.4. The average molecular weight is 467 g/mol. The van der Waals surface area contributed by atoms with Crippen LogP contribution in [-0.4, -0.2) is 19.4 Å². The number of guanidine groups is 1. The van der Waals surface area contributed by atoms with Crippen molar-refractivity contribution >= 4 is 44.9 Å². The molecule has 0 saturated carbocycles. The van der Waals surface area contributed by atoms with Crippen LogP contribution in [0, 0.1) is 5.82 Å². The molecule has 1 aliphatic rings. The quantitative estimate of drug-likeness (QED) is 0.586. The summed E-state index contributed by atoms with van der Waals surface area (Å²) in [5.41, 5.74) is 0.492. The molecule has 4 rings (SSSR count). The highest BCUT2D eigenvalue weighted by Crippen LogP contribution is 2.39. The van der Waals surface area contributed by atoms with Gasteiger partial charge in [-0.15, -0.1) is 0 Å². The first-order valence-corrected chi connectivity index (χ1v) is 10.8. The van der Waals surface area contributed by atoms with Crippen LogP contribution in [0.2, 0.25) is 10.0 Å². The van der Waals surface area contributed by atoms with E-state index in [4.69, 9.17) is 27.9 Å². The second kappa shape index (κ2) is 8.10. The Labute approximate surface area is 181 Å². The minimum Gasteiger partial charge on any atom is -0.453 e. The topological polar surface area (TPSA) is 92.7 Å². The minimum absolute atomic E-state index is 0.0156. The van der Waals surface area contributed by atoms with Crippen LogP contribution in [0.25, 0.3) is 0 Å². The van der Waals surface area contributed by atoms with E-state index in [0.29, 0.717) is 10.7 Å². The number of pyridine rings is 1. The van der Waals surface area contributed by atoms with E-state index in [0.717, 1.165) is 12.1 Å². The first-order valence-electron chi connectivity index (χ1n) is 8.53. The molecule has 0 bridgehead atoms. The van der Waals surface area contributed by atoms with Gasteiger partial charge in [-0.2, -0.15) is 0 Å². The lowest BCUT2D eigenvalue weighted by molar-refractivity contribution is 0.476. The predicted molar refractivity (Wildman–Crippen MR) is 112 cm³/mol. The van der Waals surface area contributed by atoms with E-state index in [-0.39, 0.29) is 39.6 Å². The number of sulfonamides is 1. The highest BCUT2D eigenvalue weighted by molar-refractivity contribution is 7.90. The van der Waals surface area contributed by atoms with Gasteiger partial charge < -0.3 is 10.1 Å². The molecule has 2 N–H and O–H groups in total. The van der Waals surface area contributed by atoms with Crippen molar-refractivity contribution in [2.24, 2.45) is 4.99 Å². The number of halogens is 3. The molecule has 0 spiro atoms. The number of aliphatic imine (C=N–C) groups is 1. The molecule has 7 nitrogen and oxygen atoms in total. The maximum Gasteiger partial charge on any atom is 0.266 e. The fourth-order valence-corrected chi connectivity index (χ4v) is 4.23. The number of benzene rings is 2. The summed E-state index contributed by atoms with van der Waals surface area (Å²) in [6.45, 7) is 0.0156. The molecular weight excluding hydrogens is 454 g/mol. The smallest absolute Gasteiger partial charge is 0.266 e. The highest BCUT2D eigenvalue weighted by atomic mass is 35.5. The molecule has 0 saturated heterocycles. The Kier molecular flexibility index (Phi) is 5.50. The number of nitrogens with zero attached hydrogens (tertiary/aromatic N) is 2. The maximum absolute atomic E-state index is 14.1. The van der Waals surface area contributed by atoms with Crippen LogP contribution in [0.5, 0.6) is 11.5 Å². The van der Waals surface area contributed by atoms with Crippen LogP contribution in [0.1, 0.15) is 5.69 Å². The number of anilines is 1. The lowest BCUT2D eigenvalue weighted by atomic mass is 10.2. The Balaban J connectivity index is 1.73. The van der Waals surface area contributed by atoms with Gasteiger partial charge in [-0.25, -0.2) is 22.5 Å². The van der Waals surface area contributed by atoms with E-state index >= 15 is 0 Å². The molecule has 0 unspecified atom stereocenters. The summed E-state index contributed by atoms with van der Waals surface area (Å²) >= 11 is 12.2. The fourth-order valence-electron chi connectivity index (χ4n) is 2.71. The average Bonchev–Trinajstić information content (AvgIpc) is 2.69. The van der Waals surface area contributed by atoms with Gasteiger partial charge in [0.05, 0.1) is 22.3 Å². The number of hydrogen-bond donors (Lipinski definition) is 2. The van der Waals surface area contributed by atoms with Crippen LogP contribution in [-0.2, 0) is 16.6 Å². The standard InChI is InChI=1S/C19H13Cl2FN4O3S/c20-12-5-3-7-23-14(12)10-24-19-25-18-16(29-15-6-2-1-4-13(15)21)8-11(22)9-17(18)30(27,28)26-19/h1-9H,10H2,(H2,24,25,26). The third-order valence-corrected chi connectivity index (χ3v) is 6.09. The molecule has 0 aliphatic carbocycles. The van der Waals surface area contributed by atoms with Crippen molar-refractivity contribution in [3.05, 3.63) is 76.3 Å². The molecule has 1 aliphatic heterocycles. The molecule has 30 heavy (non-hydrogen) atoms. The van der Waals surface area contributed by atoms with Crippen LogP contribution < -0.4 is 14.8 Å². The number of ether oxygens (including phenoxy) is 1. The van der Waals surface area contributed by atoms with Gasteiger partial charge in [-0.1, -0.05) is 35.3 Å². The molecule has 0 atom stereocenters. The molecule has 0 fully saturated rings. The molecule has 2 heterocycles. The first kappa shape index (κ1) is 20.4. The van der Waals surface area contributed by atoms with Gasteiger partial charge in [0, 0.05) is 12.3 Å². The minimum atomic E-state index is -4.10. The number of para-hydroxylation sites is 1. The third-order valence-electron chi connectivity index (χ3n) is 4.07. The number of nitrogens with one attached hydrogen (secondary N) is 2. The van der Waals surface area contributed by atoms with Crippen LogP contribution in [0.4, 0.5) is 10.1 Å². The van der Waals surface area contributed by atoms with Crippen LogP contribution in [0.3, 0.4) is 0 Å². The van der Waals surface area contributed by atoms with Crippen molar-refractivity contribution in [2.75, 3.05) is 5.32 Å². The molecular formula is C19H13Cl2FN4O3S. The molecule has 1 aromatic heterocycles. The molecule has 154 valence electrons. The predicted octanol–water partition coefficient (Wildman–Crippen LogP) is 4.58. The van der Waals surface area contributed by atoms with Crippen molar-refractivity contribution in [3.63, 3.8) is 0 Å². The Morgan fingerprint density at radius 1 is 1.07 bits per heavy atom. The van der Waals surface area contributed by atoms with Gasteiger partial charge in [0.25, 0.3) is 10.0 Å². The summed E-state index contributed by atoms with van der Waals surface area (Å²) in [6.07, 6.45) is 1.55. The van der Waals surface area contributed by atoms with E-state index in [1.165, 1.54) is 0 Å². The van der Waals surface area contributed by atoms with Gasteiger partial charge >= 0.3 is 0 Å². The molecule has 2 aromatic carbocycles. The lowest BCUT2D eigenvalue weighted by Gasteiger charge is -2.24. The molecule has 3 aromatic rings. The summed E-state index contributed by atoms with van der Waals surface area (Å²) in [4.78, 5) is 7.97. The van der Waals surface area contributed by atoms with Crippen molar-refractivity contribution in [3.8, 4) is 11.5 Å². The zero-order chi connectivity index (χ0) is 21.3. The first-order chi connectivity index (χ1) is 14.3. The van der Waals surface area contributed by atoms with E-state index in [2.05, 4.69) is 20.0 Å².